The van der Waals surface area contributed by atoms with Crippen molar-refractivity contribution in [3.05, 3.63) is 16.3 Å². The van der Waals surface area contributed by atoms with E-state index in [1.54, 1.807) is 0 Å². The fraction of sp³-hybridized carbons (Fsp3) is 0.733. The molecule has 5 heteroatoms. The van der Waals surface area contributed by atoms with Crippen molar-refractivity contribution in [2.75, 3.05) is 25.5 Å². The number of nitrogens with zero attached hydrogens (tertiary/aromatic N) is 3. The number of hydrogen-bond acceptors (Lipinski definition) is 4. The van der Waals surface area contributed by atoms with Gasteiger partial charge in [-0.05, 0) is 57.7 Å². The van der Waals surface area contributed by atoms with Crippen molar-refractivity contribution in [2.45, 2.75) is 51.0 Å². The molecule has 2 heterocycles. The average Bonchev–Trinajstić information content (AvgIpc) is 2.69. The van der Waals surface area contributed by atoms with Gasteiger partial charge >= 0.3 is 0 Å². The van der Waals surface area contributed by atoms with E-state index in [1.165, 1.54) is 49.8 Å². The van der Waals surface area contributed by atoms with E-state index in [9.17, 15) is 0 Å². The number of piperidine rings is 1. The molecule has 1 fully saturated rings. The van der Waals surface area contributed by atoms with Gasteiger partial charge in [-0.25, -0.2) is 0 Å². The summed E-state index contributed by atoms with van der Waals surface area (Å²) in [6, 6.07) is 0.483. The predicted octanol–water partition coefficient (Wildman–Crippen LogP) is 2.91. The summed E-state index contributed by atoms with van der Waals surface area (Å²) >= 11 is 6.24. The summed E-state index contributed by atoms with van der Waals surface area (Å²) in [6.45, 7) is 2.28. The topological polar surface area (TPSA) is 41.0 Å². The molecule has 0 unspecified atom stereocenters. The first-order chi connectivity index (χ1) is 9.74. The molecule has 1 aliphatic carbocycles. The maximum absolute atomic E-state index is 6.24. The zero-order valence-electron chi connectivity index (χ0n) is 12.2. The van der Waals surface area contributed by atoms with Gasteiger partial charge in [0.1, 0.15) is 0 Å². The fourth-order valence-electron chi connectivity index (χ4n) is 3.38. The SMILES string of the molecule is CN1CCC[C@@H](Nc2nnc(Cl)c3c2CCCCC3)C1. The lowest BCUT2D eigenvalue weighted by Gasteiger charge is -2.31. The largest absolute Gasteiger partial charge is 0.364 e. The van der Waals surface area contributed by atoms with Crippen molar-refractivity contribution in [1.82, 2.24) is 15.1 Å². The van der Waals surface area contributed by atoms with Gasteiger partial charge in [-0.3, -0.25) is 0 Å². The van der Waals surface area contributed by atoms with Gasteiger partial charge in [-0.2, -0.15) is 0 Å². The first kappa shape index (κ1) is 14.1. The van der Waals surface area contributed by atoms with Crippen LogP contribution < -0.4 is 5.32 Å². The summed E-state index contributed by atoms with van der Waals surface area (Å²) in [5.74, 6) is 0.978. The highest BCUT2D eigenvalue weighted by molar-refractivity contribution is 6.30. The molecular weight excluding hydrogens is 272 g/mol. The zero-order chi connectivity index (χ0) is 13.9. The number of anilines is 1. The van der Waals surface area contributed by atoms with Crippen LogP contribution in [0.2, 0.25) is 5.15 Å². The predicted molar refractivity (Wildman–Crippen MR) is 82.4 cm³/mol. The minimum absolute atomic E-state index is 0.483. The number of rotatable bonds is 2. The number of hydrogen-bond donors (Lipinski definition) is 1. The van der Waals surface area contributed by atoms with Crippen LogP contribution in [0.25, 0.3) is 0 Å². The van der Waals surface area contributed by atoms with Crippen molar-refractivity contribution >= 4 is 17.4 Å². The number of nitrogens with one attached hydrogen (secondary N) is 1. The van der Waals surface area contributed by atoms with Crippen molar-refractivity contribution in [2.24, 2.45) is 0 Å². The van der Waals surface area contributed by atoms with Crippen LogP contribution in [0.5, 0.6) is 0 Å². The van der Waals surface area contributed by atoms with E-state index in [1.807, 2.05) is 0 Å². The Labute approximate surface area is 125 Å². The minimum atomic E-state index is 0.483. The highest BCUT2D eigenvalue weighted by Crippen LogP contribution is 2.30. The Morgan fingerprint density at radius 3 is 2.70 bits per heavy atom. The lowest BCUT2D eigenvalue weighted by Crippen LogP contribution is -2.40. The summed E-state index contributed by atoms with van der Waals surface area (Å²) in [6.07, 6.45) is 8.30. The van der Waals surface area contributed by atoms with Gasteiger partial charge < -0.3 is 10.2 Å². The van der Waals surface area contributed by atoms with Gasteiger partial charge in [-0.15, -0.1) is 10.2 Å². The third-order valence-electron chi connectivity index (χ3n) is 4.46. The molecule has 0 spiro atoms. The van der Waals surface area contributed by atoms with Crippen molar-refractivity contribution in [3.8, 4) is 0 Å². The molecule has 1 aromatic rings. The monoisotopic (exact) mass is 294 g/mol. The smallest absolute Gasteiger partial charge is 0.155 e. The molecule has 20 heavy (non-hydrogen) atoms. The molecule has 3 rings (SSSR count). The van der Waals surface area contributed by atoms with Crippen LogP contribution in [-0.2, 0) is 12.8 Å². The first-order valence-corrected chi connectivity index (χ1v) is 8.11. The van der Waals surface area contributed by atoms with Gasteiger partial charge in [-0.1, -0.05) is 18.0 Å². The summed E-state index contributed by atoms with van der Waals surface area (Å²) in [5.41, 5.74) is 2.54. The van der Waals surface area contributed by atoms with Gasteiger partial charge in [0.15, 0.2) is 11.0 Å². The standard InChI is InChI=1S/C15H23ClN4/c1-20-9-5-6-11(10-20)17-15-13-8-4-2-3-7-12(13)14(16)18-19-15/h11H,2-10H2,1H3,(H,17,19)/t11-/m1/s1. The van der Waals surface area contributed by atoms with Gasteiger partial charge in [0, 0.05) is 18.2 Å². The van der Waals surface area contributed by atoms with Crippen LogP contribution in [-0.4, -0.2) is 41.3 Å². The summed E-state index contributed by atoms with van der Waals surface area (Å²) in [4.78, 5) is 2.38. The highest BCUT2D eigenvalue weighted by Gasteiger charge is 2.22. The molecule has 110 valence electrons. The lowest BCUT2D eigenvalue weighted by molar-refractivity contribution is 0.260. The fourth-order valence-corrected chi connectivity index (χ4v) is 3.63. The van der Waals surface area contributed by atoms with E-state index in [2.05, 4.69) is 27.5 Å². The number of fused-ring (bicyclic) bond motifs is 1. The van der Waals surface area contributed by atoms with Crippen molar-refractivity contribution < 1.29 is 0 Å². The Hall–Kier alpha value is -0.870. The van der Waals surface area contributed by atoms with E-state index in [0.717, 1.165) is 25.2 Å². The second-order valence-corrected chi connectivity index (χ2v) is 6.46. The number of halogens is 1. The maximum Gasteiger partial charge on any atom is 0.155 e. The zero-order valence-corrected chi connectivity index (χ0v) is 12.9. The Morgan fingerprint density at radius 1 is 1.10 bits per heavy atom. The van der Waals surface area contributed by atoms with E-state index in [0.29, 0.717) is 11.2 Å². The minimum Gasteiger partial charge on any atom is -0.364 e. The molecule has 1 N–H and O–H groups in total. The molecule has 1 atom stereocenters. The third-order valence-corrected chi connectivity index (χ3v) is 4.76. The van der Waals surface area contributed by atoms with E-state index in [4.69, 9.17) is 11.6 Å². The molecule has 0 radical (unpaired) electrons. The number of aromatic nitrogens is 2. The highest BCUT2D eigenvalue weighted by atomic mass is 35.5. The molecule has 2 aliphatic rings. The second-order valence-electron chi connectivity index (χ2n) is 6.10. The Bertz CT molecular complexity index is 477. The van der Waals surface area contributed by atoms with Crippen LogP contribution in [0.3, 0.4) is 0 Å². The Morgan fingerprint density at radius 2 is 1.90 bits per heavy atom. The first-order valence-electron chi connectivity index (χ1n) is 7.73. The second kappa shape index (κ2) is 6.27. The molecule has 0 amide bonds. The van der Waals surface area contributed by atoms with Crippen LogP contribution in [0.4, 0.5) is 5.82 Å². The summed E-state index contributed by atoms with van der Waals surface area (Å²) < 4.78 is 0. The van der Waals surface area contributed by atoms with E-state index < -0.39 is 0 Å². The van der Waals surface area contributed by atoms with Crippen LogP contribution in [0, 0.1) is 0 Å². The molecule has 0 saturated carbocycles. The van der Waals surface area contributed by atoms with E-state index >= 15 is 0 Å². The number of likely N-dealkylation sites (tertiary alicyclic amines) is 1. The van der Waals surface area contributed by atoms with Gasteiger partial charge in [0.25, 0.3) is 0 Å². The molecule has 0 bridgehead atoms. The summed E-state index contributed by atoms with van der Waals surface area (Å²) in [7, 11) is 2.18. The quantitative estimate of drug-likeness (QED) is 0.852. The third kappa shape index (κ3) is 3.07. The molecule has 1 aromatic heterocycles. The molecule has 4 nitrogen and oxygen atoms in total. The van der Waals surface area contributed by atoms with Crippen molar-refractivity contribution in [3.63, 3.8) is 0 Å². The molecule has 0 aromatic carbocycles. The van der Waals surface area contributed by atoms with Crippen LogP contribution in [0.1, 0.15) is 43.2 Å². The maximum atomic E-state index is 6.24. The molecular formula is C15H23ClN4. The van der Waals surface area contributed by atoms with Crippen LogP contribution >= 0.6 is 11.6 Å². The Balaban J connectivity index is 1.82. The summed E-state index contributed by atoms with van der Waals surface area (Å²) in [5, 5.41) is 12.7. The van der Waals surface area contributed by atoms with E-state index in [-0.39, 0.29) is 0 Å². The lowest BCUT2D eigenvalue weighted by atomic mass is 10.0. The van der Waals surface area contributed by atoms with Crippen molar-refractivity contribution in [1.29, 1.82) is 0 Å². The Kier molecular flexibility index (Phi) is 4.41. The van der Waals surface area contributed by atoms with Gasteiger partial charge in [0.05, 0.1) is 0 Å². The molecule has 1 saturated heterocycles. The average molecular weight is 295 g/mol. The van der Waals surface area contributed by atoms with Crippen LogP contribution in [0.15, 0.2) is 0 Å². The van der Waals surface area contributed by atoms with Gasteiger partial charge in [0.2, 0.25) is 0 Å². The number of likely N-dealkylation sites (N-methyl/N-ethyl adjacent to an activating group) is 1. The molecule has 1 aliphatic heterocycles. The normalized spacial score (nSPS) is 24.0.